The van der Waals surface area contributed by atoms with Crippen molar-refractivity contribution in [2.45, 2.75) is 0 Å². The minimum atomic E-state index is -0.355. The number of benzene rings is 1. The van der Waals surface area contributed by atoms with Gasteiger partial charge in [0.25, 0.3) is 5.91 Å². The third kappa shape index (κ3) is 3.12. The Morgan fingerprint density at radius 2 is 1.89 bits per heavy atom. The predicted molar refractivity (Wildman–Crippen MR) is 82.9 cm³/mol. The molecular weight excluding hydrogens is 409 g/mol. The second kappa shape index (κ2) is 5.69. The lowest BCUT2D eigenvalue weighted by Crippen LogP contribution is -2.12. The van der Waals surface area contributed by atoms with Gasteiger partial charge in [0.05, 0.1) is 15.7 Å². The van der Waals surface area contributed by atoms with E-state index in [-0.39, 0.29) is 16.8 Å². The lowest BCUT2D eigenvalue weighted by molar-refractivity contribution is 0.102. The van der Waals surface area contributed by atoms with E-state index < -0.39 is 0 Å². The van der Waals surface area contributed by atoms with Gasteiger partial charge in [-0.2, -0.15) is 0 Å². The van der Waals surface area contributed by atoms with Crippen LogP contribution >= 0.6 is 57.4 Å². The molecule has 2 rings (SSSR count). The van der Waals surface area contributed by atoms with Crippen LogP contribution in [0.25, 0.3) is 0 Å². The number of carbonyl (C=O) groups excluding carboxylic acids is 1. The van der Waals surface area contributed by atoms with Crippen LogP contribution < -0.4 is 5.32 Å². The number of rotatable bonds is 2. The van der Waals surface area contributed by atoms with Crippen molar-refractivity contribution in [2.24, 2.45) is 0 Å². The number of H-pyrrole nitrogens is 1. The third-order valence-electron chi connectivity index (χ3n) is 2.15. The second-order valence-corrected chi connectivity index (χ2v) is 5.86. The normalized spacial score (nSPS) is 10.4. The zero-order valence-electron chi connectivity index (χ0n) is 8.73. The molecule has 1 heterocycles. The predicted octanol–water partition coefficient (Wildman–Crippen LogP) is 4.83. The van der Waals surface area contributed by atoms with E-state index in [1.54, 1.807) is 12.1 Å². The molecule has 0 saturated carbocycles. The maximum atomic E-state index is 11.9. The summed E-state index contributed by atoms with van der Waals surface area (Å²) in [5, 5.41) is 3.68. The molecule has 3 nitrogen and oxygen atoms in total. The van der Waals surface area contributed by atoms with Crippen molar-refractivity contribution in [2.75, 3.05) is 5.32 Å². The number of aromatic amines is 1. The van der Waals surface area contributed by atoms with Crippen LogP contribution in [-0.4, -0.2) is 10.9 Å². The summed E-state index contributed by atoms with van der Waals surface area (Å²) in [5.74, 6) is -0.355. The highest BCUT2D eigenvalue weighted by molar-refractivity contribution is 14.1. The van der Waals surface area contributed by atoms with Crippen LogP contribution in [0.1, 0.15) is 10.5 Å². The molecule has 1 aromatic heterocycles. The Labute approximate surface area is 132 Å². The SMILES string of the molecule is O=C(Nc1ccc(I)cc1Cl)c1cc(Cl)c(Cl)[nH]1. The van der Waals surface area contributed by atoms with Crippen LogP contribution in [0.4, 0.5) is 5.69 Å². The zero-order valence-corrected chi connectivity index (χ0v) is 13.2. The van der Waals surface area contributed by atoms with Gasteiger partial charge in [-0.3, -0.25) is 4.79 Å². The highest BCUT2D eigenvalue weighted by atomic mass is 127. The van der Waals surface area contributed by atoms with E-state index in [2.05, 4.69) is 32.9 Å². The van der Waals surface area contributed by atoms with Crippen LogP contribution in [0, 0.1) is 3.57 Å². The summed E-state index contributed by atoms with van der Waals surface area (Å²) in [7, 11) is 0. The Balaban J connectivity index is 2.21. The molecule has 0 unspecified atom stereocenters. The Bertz CT molecular complexity index is 593. The lowest BCUT2D eigenvalue weighted by Gasteiger charge is -2.06. The van der Waals surface area contributed by atoms with E-state index in [4.69, 9.17) is 34.8 Å². The maximum absolute atomic E-state index is 11.9. The molecule has 0 aliphatic rings. The number of amides is 1. The molecule has 7 heteroatoms. The van der Waals surface area contributed by atoms with E-state index in [0.29, 0.717) is 15.7 Å². The highest BCUT2D eigenvalue weighted by Gasteiger charge is 2.13. The van der Waals surface area contributed by atoms with Gasteiger partial charge in [-0.25, -0.2) is 0 Å². The molecule has 94 valence electrons. The number of carbonyl (C=O) groups is 1. The van der Waals surface area contributed by atoms with Crippen LogP contribution in [-0.2, 0) is 0 Å². The highest BCUT2D eigenvalue weighted by Crippen LogP contribution is 2.26. The second-order valence-electron chi connectivity index (χ2n) is 3.42. The van der Waals surface area contributed by atoms with Gasteiger partial charge in [0, 0.05) is 3.57 Å². The van der Waals surface area contributed by atoms with E-state index in [1.165, 1.54) is 6.07 Å². The summed E-state index contributed by atoms with van der Waals surface area (Å²) in [4.78, 5) is 14.6. The molecule has 0 bridgehead atoms. The molecule has 1 amide bonds. The molecular formula is C11H6Cl3IN2O. The number of hydrogen-bond donors (Lipinski definition) is 2. The summed E-state index contributed by atoms with van der Waals surface area (Å²) in [5.41, 5.74) is 0.809. The van der Waals surface area contributed by atoms with Crippen molar-refractivity contribution in [3.63, 3.8) is 0 Å². The first-order chi connectivity index (χ1) is 8.47. The van der Waals surface area contributed by atoms with E-state index in [0.717, 1.165) is 3.57 Å². The molecule has 1 aromatic carbocycles. The van der Waals surface area contributed by atoms with Gasteiger partial charge in [-0.05, 0) is 46.9 Å². The monoisotopic (exact) mass is 414 g/mol. The van der Waals surface area contributed by atoms with Gasteiger partial charge in [-0.15, -0.1) is 0 Å². The molecule has 0 saturated heterocycles. The largest absolute Gasteiger partial charge is 0.340 e. The molecule has 0 aliphatic heterocycles. The van der Waals surface area contributed by atoms with Crippen LogP contribution in [0.5, 0.6) is 0 Å². The van der Waals surface area contributed by atoms with Crippen molar-refractivity contribution in [3.05, 3.63) is 48.7 Å². The average molecular weight is 415 g/mol. The zero-order chi connectivity index (χ0) is 13.3. The Kier molecular flexibility index (Phi) is 4.42. The number of hydrogen-bond acceptors (Lipinski definition) is 1. The van der Waals surface area contributed by atoms with Gasteiger partial charge in [0.2, 0.25) is 0 Å². The minimum Gasteiger partial charge on any atom is -0.340 e. The fraction of sp³-hybridized carbons (Fsp3) is 0. The molecule has 0 fully saturated rings. The Hall–Kier alpha value is -0.430. The maximum Gasteiger partial charge on any atom is 0.272 e. The van der Waals surface area contributed by atoms with Crippen LogP contribution in [0.2, 0.25) is 15.2 Å². The van der Waals surface area contributed by atoms with Crippen LogP contribution in [0.15, 0.2) is 24.3 Å². The van der Waals surface area contributed by atoms with Crippen molar-refractivity contribution in [3.8, 4) is 0 Å². The smallest absolute Gasteiger partial charge is 0.272 e. The molecule has 0 atom stereocenters. The average Bonchev–Trinajstić information content (AvgIpc) is 2.63. The van der Waals surface area contributed by atoms with Gasteiger partial charge in [-0.1, -0.05) is 34.8 Å². The fourth-order valence-corrected chi connectivity index (χ4v) is 2.52. The van der Waals surface area contributed by atoms with Gasteiger partial charge < -0.3 is 10.3 Å². The topological polar surface area (TPSA) is 44.9 Å². The number of anilines is 1. The summed E-state index contributed by atoms with van der Waals surface area (Å²) in [6, 6.07) is 6.79. The quantitative estimate of drug-likeness (QED) is 0.678. The Morgan fingerprint density at radius 3 is 2.44 bits per heavy atom. The number of nitrogens with one attached hydrogen (secondary N) is 2. The van der Waals surface area contributed by atoms with Crippen molar-refractivity contribution >= 4 is 69.0 Å². The molecule has 2 N–H and O–H groups in total. The first-order valence-electron chi connectivity index (χ1n) is 4.78. The first kappa shape index (κ1) is 14.0. The van der Waals surface area contributed by atoms with E-state index in [1.807, 2.05) is 6.07 Å². The van der Waals surface area contributed by atoms with Crippen molar-refractivity contribution < 1.29 is 4.79 Å². The lowest BCUT2D eigenvalue weighted by atomic mass is 10.3. The van der Waals surface area contributed by atoms with E-state index >= 15 is 0 Å². The first-order valence-corrected chi connectivity index (χ1v) is 6.99. The van der Waals surface area contributed by atoms with Crippen LogP contribution in [0.3, 0.4) is 0 Å². The number of aromatic nitrogens is 1. The van der Waals surface area contributed by atoms with Crippen molar-refractivity contribution in [1.29, 1.82) is 0 Å². The summed E-state index contributed by atoms with van der Waals surface area (Å²) in [6.45, 7) is 0. The Morgan fingerprint density at radius 1 is 1.17 bits per heavy atom. The minimum absolute atomic E-state index is 0.232. The molecule has 2 aromatic rings. The molecule has 0 spiro atoms. The molecule has 0 radical (unpaired) electrons. The summed E-state index contributed by atoms with van der Waals surface area (Å²) < 4.78 is 0.988. The third-order valence-corrected chi connectivity index (χ3v) is 3.83. The fourth-order valence-electron chi connectivity index (χ4n) is 1.31. The summed E-state index contributed by atoms with van der Waals surface area (Å²) in [6.07, 6.45) is 0. The van der Waals surface area contributed by atoms with Gasteiger partial charge >= 0.3 is 0 Å². The standard InChI is InChI=1S/C11H6Cl3IN2O/c12-6-3-5(15)1-2-8(6)17-11(18)9-4-7(13)10(14)16-9/h1-4,16H,(H,17,18). The number of halogens is 4. The van der Waals surface area contributed by atoms with Gasteiger partial charge in [0.15, 0.2) is 0 Å². The summed E-state index contributed by atoms with van der Waals surface area (Å²) >= 11 is 19.6. The van der Waals surface area contributed by atoms with E-state index in [9.17, 15) is 4.79 Å². The molecule has 0 aliphatic carbocycles. The van der Waals surface area contributed by atoms with Gasteiger partial charge in [0.1, 0.15) is 10.8 Å². The molecule has 18 heavy (non-hydrogen) atoms. The van der Waals surface area contributed by atoms with Crippen molar-refractivity contribution in [1.82, 2.24) is 4.98 Å².